The van der Waals surface area contributed by atoms with Gasteiger partial charge in [0.2, 0.25) is 0 Å². The van der Waals surface area contributed by atoms with Crippen molar-refractivity contribution in [3.8, 4) is 0 Å². The quantitative estimate of drug-likeness (QED) is 0.546. The third-order valence-electron chi connectivity index (χ3n) is 1.89. The molecule has 0 saturated carbocycles. The van der Waals surface area contributed by atoms with Crippen molar-refractivity contribution in [2.45, 2.75) is 0 Å². The van der Waals surface area contributed by atoms with E-state index in [2.05, 4.69) is 0 Å². The molecule has 0 rings (SSSR count). The minimum absolute atomic E-state index is 0.00310. The summed E-state index contributed by atoms with van der Waals surface area (Å²) in [6.07, 6.45) is -0.106. The molecule has 2 N–H and O–H groups in total. The maximum atomic E-state index is 10.8. The van der Waals surface area contributed by atoms with E-state index in [0.717, 1.165) is 0 Å². The highest BCUT2D eigenvalue weighted by Crippen LogP contribution is 2.35. The van der Waals surface area contributed by atoms with Crippen LogP contribution in [0.5, 0.6) is 0 Å². The third-order valence-corrected chi connectivity index (χ3v) is 4.20. The van der Waals surface area contributed by atoms with Crippen LogP contribution in [0.3, 0.4) is 0 Å². The molecule has 104 valence electrons. The van der Waals surface area contributed by atoms with E-state index in [1.54, 1.807) is 4.90 Å². The van der Waals surface area contributed by atoms with Gasteiger partial charge in [0.25, 0.3) is 0 Å². The fourth-order valence-corrected chi connectivity index (χ4v) is 3.45. The fourth-order valence-electron chi connectivity index (χ4n) is 1.16. The molecule has 0 aromatic carbocycles. The minimum atomic E-state index is -4.21. The van der Waals surface area contributed by atoms with Crippen LogP contribution in [0.2, 0.25) is 0 Å². The van der Waals surface area contributed by atoms with Crippen molar-refractivity contribution in [1.29, 1.82) is 0 Å². The van der Waals surface area contributed by atoms with Gasteiger partial charge in [-0.05, 0) is 0 Å². The Bertz CT molecular complexity index is 313. The molecule has 0 radical (unpaired) electrons. The van der Waals surface area contributed by atoms with E-state index in [1.807, 2.05) is 0 Å². The molecular weight excluding hydrogens is 320 g/mol. The van der Waals surface area contributed by atoms with E-state index in [4.69, 9.17) is 9.79 Å². The van der Waals surface area contributed by atoms with Crippen molar-refractivity contribution in [3.63, 3.8) is 0 Å². The van der Waals surface area contributed by atoms with Gasteiger partial charge in [0.1, 0.15) is 6.29 Å². The molecule has 0 amide bonds. The van der Waals surface area contributed by atoms with Crippen LogP contribution in [0, 0.1) is 0 Å². The molecule has 0 fully saturated rings. The van der Waals surface area contributed by atoms with Crippen LogP contribution in [-0.4, -0.2) is 57.8 Å². The monoisotopic (exact) mass is 334 g/mol. The van der Waals surface area contributed by atoms with E-state index < -0.39 is 13.9 Å². The van der Waals surface area contributed by atoms with Gasteiger partial charge >= 0.3 is 7.60 Å². The van der Waals surface area contributed by atoms with Gasteiger partial charge in [-0.25, -0.2) is 0 Å². The topological polar surface area (TPSA) is 115 Å². The molecular formula is C6H14N2O6P4. The van der Waals surface area contributed by atoms with Gasteiger partial charge in [0.05, 0.1) is 18.9 Å². The summed E-state index contributed by atoms with van der Waals surface area (Å²) >= 11 is 0. The van der Waals surface area contributed by atoms with Gasteiger partial charge in [0.15, 0.2) is 25.4 Å². The molecule has 0 aromatic rings. The molecule has 0 aromatic heterocycles. The van der Waals surface area contributed by atoms with Gasteiger partial charge < -0.3 is 9.79 Å². The van der Waals surface area contributed by atoms with Crippen LogP contribution >= 0.6 is 33.0 Å². The lowest BCUT2D eigenvalue weighted by Crippen LogP contribution is -2.34. The van der Waals surface area contributed by atoms with E-state index in [9.17, 15) is 18.3 Å². The number of hydrogen-bond donors (Lipinski definition) is 2. The lowest BCUT2D eigenvalue weighted by atomic mass is 10.5. The molecule has 0 aliphatic rings. The standard InChI is InChI=1S/C6H14N2O6P4/c9-15-3-7(4-16-10)1-2-8(5-17-11)6-18(12,13)14/h1-6H2,(H2,12,13,14). The molecule has 0 bridgehead atoms. The van der Waals surface area contributed by atoms with Crippen molar-refractivity contribution in [1.82, 2.24) is 9.80 Å². The van der Waals surface area contributed by atoms with Gasteiger partial charge in [0, 0.05) is 13.1 Å². The van der Waals surface area contributed by atoms with E-state index in [0.29, 0.717) is 6.54 Å². The zero-order chi connectivity index (χ0) is 14.0. The zero-order valence-corrected chi connectivity index (χ0v) is 13.0. The molecule has 8 nitrogen and oxygen atoms in total. The second-order valence-electron chi connectivity index (χ2n) is 3.41. The summed E-state index contributed by atoms with van der Waals surface area (Å²) in [6, 6.07) is 0. The Hall–Kier alpha value is 0.370. The first kappa shape index (κ1) is 18.4. The first-order valence-corrected chi connectivity index (χ1v) is 9.58. The zero-order valence-electron chi connectivity index (χ0n) is 9.45. The maximum Gasteiger partial charge on any atom is 0.339 e. The van der Waals surface area contributed by atoms with Crippen LogP contribution in [0.4, 0.5) is 0 Å². The Morgan fingerprint density at radius 3 is 1.61 bits per heavy atom. The Morgan fingerprint density at radius 1 is 0.833 bits per heavy atom. The summed E-state index contributed by atoms with van der Waals surface area (Å²) in [5.41, 5.74) is 0. The number of hydrogen-bond acceptors (Lipinski definition) is 6. The molecule has 0 atom stereocenters. The molecule has 0 spiro atoms. The Balaban J connectivity index is 4.29. The predicted octanol–water partition coefficient (Wildman–Crippen LogP) is 1.47. The van der Waals surface area contributed by atoms with Gasteiger partial charge in [-0.15, -0.1) is 0 Å². The van der Waals surface area contributed by atoms with Crippen LogP contribution in [-0.2, 0) is 18.3 Å². The van der Waals surface area contributed by atoms with Crippen LogP contribution in [0.1, 0.15) is 0 Å². The van der Waals surface area contributed by atoms with Gasteiger partial charge in [-0.2, -0.15) is 0 Å². The first-order chi connectivity index (χ1) is 8.42. The molecule has 0 aliphatic carbocycles. The second-order valence-corrected chi connectivity index (χ2v) is 6.64. The van der Waals surface area contributed by atoms with Crippen molar-refractivity contribution in [2.24, 2.45) is 0 Å². The lowest BCUT2D eigenvalue weighted by Gasteiger charge is -2.23. The average Bonchev–Trinajstić information content (AvgIpc) is 2.24. The molecule has 0 aliphatic heterocycles. The van der Waals surface area contributed by atoms with E-state index in [1.165, 1.54) is 4.90 Å². The van der Waals surface area contributed by atoms with Crippen molar-refractivity contribution >= 4 is 33.0 Å². The highest BCUT2D eigenvalue weighted by molar-refractivity contribution is 7.51. The molecule has 0 heterocycles. The number of nitrogens with zero attached hydrogens (tertiary/aromatic N) is 2. The predicted molar refractivity (Wildman–Crippen MR) is 67.7 cm³/mol. The van der Waals surface area contributed by atoms with Crippen molar-refractivity contribution in [3.05, 3.63) is 0 Å². The summed E-state index contributed by atoms with van der Waals surface area (Å²) in [4.78, 5) is 20.6. The molecule has 0 unspecified atom stereocenters. The average molecular weight is 334 g/mol. The summed E-state index contributed by atoms with van der Waals surface area (Å²) < 4.78 is 42.2. The summed E-state index contributed by atoms with van der Waals surface area (Å²) in [5, 5.41) is 0. The van der Waals surface area contributed by atoms with Crippen LogP contribution in [0.25, 0.3) is 0 Å². The minimum Gasteiger partial charge on any atom is -0.324 e. The summed E-state index contributed by atoms with van der Waals surface area (Å²) in [5.74, 6) is 0. The lowest BCUT2D eigenvalue weighted by molar-refractivity contribution is 0.263. The van der Waals surface area contributed by atoms with Crippen LogP contribution in [0.15, 0.2) is 0 Å². The highest BCUT2D eigenvalue weighted by atomic mass is 31.2. The first-order valence-electron chi connectivity index (χ1n) is 4.79. The molecule has 18 heavy (non-hydrogen) atoms. The number of rotatable bonds is 11. The normalized spacial score (nSPS) is 13.1. The Morgan fingerprint density at radius 2 is 1.22 bits per heavy atom. The van der Waals surface area contributed by atoms with E-state index >= 15 is 0 Å². The van der Waals surface area contributed by atoms with E-state index in [-0.39, 0.29) is 50.8 Å². The SMILES string of the molecule is O=PCN(CCN(CP=O)CP(=O)(O)O)CP=O. The largest absolute Gasteiger partial charge is 0.339 e. The smallest absolute Gasteiger partial charge is 0.324 e. The summed E-state index contributed by atoms with van der Waals surface area (Å²) in [6.45, 7) is 0.575. The Labute approximate surface area is 109 Å². The van der Waals surface area contributed by atoms with Crippen molar-refractivity contribution in [2.75, 3.05) is 38.2 Å². The summed E-state index contributed by atoms with van der Waals surface area (Å²) in [7, 11) is -4.67. The third kappa shape index (κ3) is 10.3. The molecule has 12 heteroatoms. The fraction of sp³-hybridized carbons (Fsp3) is 1.00. The van der Waals surface area contributed by atoms with Crippen molar-refractivity contribution < 1.29 is 28.0 Å². The van der Waals surface area contributed by atoms with Gasteiger partial charge in [-0.1, -0.05) is 0 Å². The second kappa shape index (κ2) is 10.2. The Kier molecular flexibility index (Phi) is 10.4. The van der Waals surface area contributed by atoms with Gasteiger partial charge in [-0.3, -0.25) is 28.1 Å². The maximum absolute atomic E-state index is 10.8. The van der Waals surface area contributed by atoms with Crippen LogP contribution < -0.4 is 0 Å². The highest BCUT2D eigenvalue weighted by Gasteiger charge is 2.19. The molecule has 0 saturated heterocycles.